The van der Waals surface area contributed by atoms with Crippen molar-refractivity contribution in [1.82, 2.24) is 9.80 Å². The van der Waals surface area contributed by atoms with Crippen LogP contribution in [0.1, 0.15) is 61.8 Å². The molecular weight excluding hydrogens is 604 g/mol. The Balaban J connectivity index is 0.000000131. The Labute approximate surface area is 284 Å². The molecule has 0 amide bonds. The second-order valence-corrected chi connectivity index (χ2v) is 15.5. The van der Waals surface area contributed by atoms with Gasteiger partial charge in [0.2, 0.25) is 0 Å². The van der Waals surface area contributed by atoms with Crippen molar-refractivity contribution in [3.8, 4) is 23.0 Å². The number of likely N-dealkylation sites (N-methyl/N-ethyl adjacent to an activating group) is 2. The van der Waals surface area contributed by atoms with Crippen LogP contribution in [-0.2, 0) is 23.7 Å². The number of aliphatic hydroxyl groups excluding tert-OH is 2. The van der Waals surface area contributed by atoms with Gasteiger partial charge in [-0.1, -0.05) is 50.3 Å². The van der Waals surface area contributed by atoms with Crippen molar-refractivity contribution in [3.63, 3.8) is 0 Å². The van der Waals surface area contributed by atoms with Crippen molar-refractivity contribution < 1.29 is 29.2 Å². The van der Waals surface area contributed by atoms with Crippen molar-refractivity contribution in [2.75, 3.05) is 40.4 Å². The highest BCUT2D eigenvalue weighted by molar-refractivity contribution is 5.63. The first-order valence-electron chi connectivity index (χ1n) is 18.4. The number of aliphatic hydroxyl groups is 2. The fraction of sp³-hybridized carbons (Fsp3) is 0.600. The molecule has 10 rings (SSSR count). The van der Waals surface area contributed by atoms with E-state index in [4.69, 9.17) is 18.9 Å². The first-order valence-corrected chi connectivity index (χ1v) is 18.4. The van der Waals surface area contributed by atoms with E-state index in [1.165, 1.54) is 22.3 Å². The number of ether oxygens (including phenoxy) is 4. The lowest BCUT2D eigenvalue weighted by Crippen LogP contribution is -2.64. The molecule has 0 unspecified atom stereocenters. The first kappa shape index (κ1) is 31.0. The number of nitrogens with zero attached hydrogens (tertiary/aromatic N) is 2. The zero-order valence-electron chi connectivity index (χ0n) is 28.7. The molecule has 8 nitrogen and oxygen atoms in total. The maximum absolute atomic E-state index is 10.7. The minimum Gasteiger partial charge on any atom is -0.490 e. The Morgan fingerprint density at radius 2 is 1.12 bits per heavy atom. The minimum atomic E-state index is -0.539. The number of hydrogen-bond acceptors (Lipinski definition) is 8. The lowest BCUT2D eigenvalue weighted by Gasteiger charge is -2.56. The Kier molecular flexibility index (Phi) is 7.25. The Morgan fingerprint density at radius 1 is 0.688 bits per heavy atom. The predicted molar refractivity (Wildman–Crippen MR) is 183 cm³/mol. The SMILES string of the molecule is CCCOc1ccc2c3c1O[C@H]1[C@@H](O)C=C[C@H]4[C@@H](C2)N(C)CC[C@@]341.CCCOc1ccc2c3c1O[C@H]1[C@@H](O)C=C[C@H]4[C@@H](C2)N(C)CC[C@@]341. The fourth-order valence-corrected chi connectivity index (χ4v) is 11.1. The van der Waals surface area contributed by atoms with E-state index in [0.717, 1.165) is 74.6 Å². The summed E-state index contributed by atoms with van der Waals surface area (Å²) in [6.07, 6.45) is 13.1. The summed E-state index contributed by atoms with van der Waals surface area (Å²) in [6.45, 7) is 7.73. The molecule has 2 spiro atoms. The van der Waals surface area contributed by atoms with Crippen LogP contribution in [0.4, 0.5) is 0 Å². The van der Waals surface area contributed by atoms with Crippen LogP contribution >= 0.6 is 0 Å². The quantitative estimate of drug-likeness (QED) is 0.439. The van der Waals surface area contributed by atoms with E-state index in [1.54, 1.807) is 0 Å². The smallest absolute Gasteiger partial charge is 0.165 e. The molecule has 2 fully saturated rings. The molecule has 2 saturated heterocycles. The van der Waals surface area contributed by atoms with Crippen LogP contribution in [-0.4, -0.2) is 96.9 Å². The molecule has 0 saturated carbocycles. The molecule has 10 atom stereocenters. The Hall–Kier alpha value is -3.04. The van der Waals surface area contributed by atoms with Crippen molar-refractivity contribution in [2.45, 2.75) is 99.7 Å². The highest BCUT2D eigenvalue weighted by atomic mass is 16.5. The highest BCUT2D eigenvalue weighted by Gasteiger charge is 2.65. The summed E-state index contributed by atoms with van der Waals surface area (Å²) in [6, 6.07) is 9.57. The second kappa shape index (κ2) is 11.2. The zero-order chi connectivity index (χ0) is 32.9. The summed E-state index contributed by atoms with van der Waals surface area (Å²) < 4.78 is 24.8. The molecule has 2 aromatic rings. The summed E-state index contributed by atoms with van der Waals surface area (Å²) >= 11 is 0. The third-order valence-corrected chi connectivity index (χ3v) is 13.2. The van der Waals surface area contributed by atoms with Crippen molar-refractivity contribution in [1.29, 1.82) is 0 Å². The third kappa shape index (κ3) is 4.03. The number of piperidine rings is 2. The van der Waals surface area contributed by atoms with Crippen LogP contribution in [0.5, 0.6) is 23.0 Å². The van der Waals surface area contributed by atoms with Crippen molar-refractivity contribution >= 4 is 0 Å². The number of likely N-dealkylation sites (tertiary alicyclic amines) is 2. The number of hydrogen-bond donors (Lipinski definition) is 2. The van der Waals surface area contributed by atoms with E-state index in [9.17, 15) is 10.2 Å². The van der Waals surface area contributed by atoms with Gasteiger partial charge in [0, 0.05) is 45.9 Å². The van der Waals surface area contributed by atoms with Gasteiger partial charge >= 0.3 is 0 Å². The van der Waals surface area contributed by atoms with Gasteiger partial charge in [-0.25, -0.2) is 0 Å². The van der Waals surface area contributed by atoms with Crippen molar-refractivity contribution in [2.24, 2.45) is 11.8 Å². The van der Waals surface area contributed by atoms with Gasteiger partial charge in [-0.15, -0.1) is 0 Å². The topological polar surface area (TPSA) is 83.9 Å². The average Bonchev–Trinajstić information content (AvgIpc) is 3.63. The lowest BCUT2D eigenvalue weighted by molar-refractivity contribution is -0.0454. The molecule has 4 aliphatic carbocycles. The summed E-state index contributed by atoms with van der Waals surface area (Å²) in [5.74, 6) is 4.34. The highest BCUT2D eigenvalue weighted by Crippen LogP contribution is 2.64. The van der Waals surface area contributed by atoms with Gasteiger partial charge in [0.25, 0.3) is 0 Å². The largest absolute Gasteiger partial charge is 0.490 e. The normalized spacial score (nSPS) is 38.6. The van der Waals surface area contributed by atoms with E-state index in [0.29, 0.717) is 37.1 Å². The predicted octanol–water partition coefficient (Wildman–Crippen LogP) is 4.56. The van der Waals surface area contributed by atoms with Crippen LogP contribution in [0.15, 0.2) is 48.6 Å². The van der Waals surface area contributed by atoms with Gasteiger partial charge in [-0.05, 0) is 89.0 Å². The maximum Gasteiger partial charge on any atom is 0.165 e. The molecule has 8 aliphatic rings. The second-order valence-electron chi connectivity index (χ2n) is 15.5. The average molecular weight is 655 g/mol. The van der Waals surface area contributed by atoms with Crippen LogP contribution in [0.3, 0.4) is 0 Å². The summed E-state index contributed by atoms with van der Waals surface area (Å²) in [5.41, 5.74) is 5.26. The maximum atomic E-state index is 10.7. The van der Waals surface area contributed by atoms with E-state index in [1.807, 2.05) is 12.2 Å². The van der Waals surface area contributed by atoms with Crippen LogP contribution in [0, 0.1) is 11.8 Å². The number of benzene rings is 2. The van der Waals surface area contributed by atoms with Gasteiger partial charge in [-0.2, -0.15) is 0 Å². The fourth-order valence-electron chi connectivity index (χ4n) is 11.1. The Bertz CT molecular complexity index is 1550. The lowest BCUT2D eigenvalue weighted by atomic mass is 9.53. The van der Waals surface area contributed by atoms with Gasteiger partial charge in [-0.3, -0.25) is 0 Å². The van der Waals surface area contributed by atoms with Gasteiger partial charge in [0.1, 0.15) is 24.4 Å². The molecule has 4 aliphatic heterocycles. The summed E-state index contributed by atoms with van der Waals surface area (Å²) in [7, 11) is 4.46. The molecule has 2 N–H and O–H groups in total. The zero-order valence-corrected chi connectivity index (χ0v) is 28.7. The summed E-state index contributed by atoms with van der Waals surface area (Å²) in [5, 5.41) is 21.3. The number of rotatable bonds is 6. The molecule has 48 heavy (non-hydrogen) atoms. The third-order valence-electron chi connectivity index (χ3n) is 13.2. The Morgan fingerprint density at radius 3 is 1.54 bits per heavy atom. The van der Waals surface area contributed by atoms with Crippen LogP contribution in [0.2, 0.25) is 0 Å². The van der Waals surface area contributed by atoms with Crippen LogP contribution < -0.4 is 18.9 Å². The van der Waals surface area contributed by atoms with Gasteiger partial charge < -0.3 is 39.0 Å². The van der Waals surface area contributed by atoms with Crippen LogP contribution in [0.25, 0.3) is 0 Å². The minimum absolute atomic E-state index is 0.0835. The summed E-state index contributed by atoms with van der Waals surface area (Å²) in [4.78, 5) is 4.97. The molecular formula is C40H50N2O6. The van der Waals surface area contributed by atoms with E-state index in [-0.39, 0.29) is 23.0 Å². The van der Waals surface area contributed by atoms with E-state index in [2.05, 4.69) is 74.2 Å². The first-order chi connectivity index (χ1) is 23.3. The van der Waals surface area contributed by atoms with E-state index >= 15 is 0 Å². The van der Waals surface area contributed by atoms with Crippen molar-refractivity contribution in [3.05, 3.63) is 70.8 Å². The molecule has 0 aromatic heterocycles. The molecule has 4 bridgehead atoms. The standard InChI is InChI=1S/2C20H25NO3/c2*1-3-10-23-16-7-4-12-11-14-13-5-6-15(22)19-20(13,8-9-21(14)2)17(12)18(16)24-19/h2*4-7,13-15,19,22H,3,8-11H2,1-2H3/t2*13-,14+,15-,19-,20-/m00/s1. The van der Waals surface area contributed by atoms with E-state index < -0.39 is 12.2 Å². The molecule has 2 aromatic carbocycles. The van der Waals surface area contributed by atoms with Gasteiger partial charge in [0.05, 0.1) is 13.2 Å². The molecule has 4 heterocycles. The monoisotopic (exact) mass is 654 g/mol. The molecule has 0 radical (unpaired) electrons. The molecule has 256 valence electrons. The van der Waals surface area contributed by atoms with Gasteiger partial charge in [0.15, 0.2) is 23.0 Å². The molecule has 8 heteroatoms.